The van der Waals surface area contributed by atoms with Crippen molar-refractivity contribution in [3.63, 3.8) is 0 Å². The number of likely N-dealkylation sites (tertiary alicyclic amines) is 1. The number of hydrogen-bond donors (Lipinski definition) is 1. The molecule has 0 saturated carbocycles. The molecule has 0 radical (unpaired) electrons. The van der Waals surface area contributed by atoms with Crippen LogP contribution in [-0.4, -0.2) is 50.5 Å². The van der Waals surface area contributed by atoms with Gasteiger partial charge in [0.15, 0.2) is 0 Å². The first-order valence-corrected chi connectivity index (χ1v) is 10.6. The Morgan fingerprint density at radius 2 is 1.88 bits per heavy atom. The Morgan fingerprint density at radius 1 is 1.31 bits per heavy atom. The average molecular weight is 402 g/mol. The third-order valence-corrected chi connectivity index (χ3v) is 6.15. The lowest BCUT2D eigenvalue weighted by molar-refractivity contribution is -0.135. The van der Waals surface area contributed by atoms with Crippen LogP contribution < -0.4 is 10.0 Å². The molecule has 0 spiro atoms. The van der Waals surface area contributed by atoms with Crippen LogP contribution in [0.15, 0.2) is 18.2 Å². The molecular weight excluding hydrogens is 378 g/mol. The van der Waals surface area contributed by atoms with Crippen molar-refractivity contribution in [2.24, 2.45) is 11.7 Å². The van der Waals surface area contributed by atoms with E-state index >= 15 is 0 Å². The summed E-state index contributed by atoms with van der Waals surface area (Å²) in [7, 11) is -3.71. The fourth-order valence-electron chi connectivity index (χ4n) is 3.24. The van der Waals surface area contributed by atoms with Gasteiger partial charge < -0.3 is 10.6 Å². The molecule has 0 bridgehead atoms. The number of anilines is 1. The summed E-state index contributed by atoms with van der Waals surface area (Å²) >= 11 is 6.03. The normalized spacial score (nSPS) is 17.0. The largest absolute Gasteiger partial charge is 0.369 e. The second kappa shape index (κ2) is 7.84. The molecule has 1 saturated heterocycles. The van der Waals surface area contributed by atoms with Gasteiger partial charge in [0.05, 0.1) is 11.9 Å². The monoisotopic (exact) mass is 401 g/mol. The molecule has 1 atom stereocenters. The van der Waals surface area contributed by atoms with E-state index in [-0.39, 0.29) is 17.7 Å². The van der Waals surface area contributed by atoms with Gasteiger partial charge in [-0.2, -0.15) is 0 Å². The number of halogens is 1. The van der Waals surface area contributed by atoms with Crippen LogP contribution in [0.1, 0.15) is 25.3 Å². The second-order valence-corrected chi connectivity index (χ2v) is 8.96. The topological polar surface area (TPSA) is 101 Å². The lowest BCUT2D eigenvalue weighted by Gasteiger charge is -2.36. The summed E-state index contributed by atoms with van der Waals surface area (Å²) in [6.45, 7) is 4.08. The van der Waals surface area contributed by atoms with Crippen LogP contribution in [0.2, 0.25) is 5.02 Å². The molecule has 9 heteroatoms. The van der Waals surface area contributed by atoms with Crippen molar-refractivity contribution in [2.75, 3.05) is 23.7 Å². The summed E-state index contributed by atoms with van der Waals surface area (Å²) in [5, 5.41) is 0.390. The van der Waals surface area contributed by atoms with E-state index in [9.17, 15) is 18.0 Å². The van der Waals surface area contributed by atoms with E-state index in [1.54, 1.807) is 36.9 Å². The molecule has 144 valence electrons. The van der Waals surface area contributed by atoms with Crippen LogP contribution in [-0.2, 0) is 19.6 Å². The lowest BCUT2D eigenvalue weighted by Crippen LogP contribution is -2.52. The summed E-state index contributed by atoms with van der Waals surface area (Å²) < 4.78 is 25.9. The quantitative estimate of drug-likeness (QED) is 0.808. The molecule has 1 aliphatic rings. The highest BCUT2D eigenvalue weighted by Gasteiger charge is 2.35. The van der Waals surface area contributed by atoms with Gasteiger partial charge in [-0.05, 0) is 44.4 Å². The number of nitrogens with zero attached hydrogens (tertiary/aromatic N) is 2. The number of rotatable bonds is 5. The van der Waals surface area contributed by atoms with E-state index in [0.717, 1.165) is 10.6 Å². The smallest absolute Gasteiger partial charge is 0.246 e. The first-order chi connectivity index (χ1) is 12.0. The van der Waals surface area contributed by atoms with Crippen LogP contribution in [0, 0.1) is 12.8 Å². The maximum Gasteiger partial charge on any atom is 0.246 e. The number of hydrogen-bond acceptors (Lipinski definition) is 4. The van der Waals surface area contributed by atoms with Crippen molar-refractivity contribution < 1.29 is 18.0 Å². The molecule has 1 heterocycles. The zero-order chi connectivity index (χ0) is 19.6. The zero-order valence-corrected chi connectivity index (χ0v) is 16.7. The molecule has 0 aromatic heterocycles. The van der Waals surface area contributed by atoms with Gasteiger partial charge in [0.25, 0.3) is 0 Å². The van der Waals surface area contributed by atoms with E-state index in [4.69, 9.17) is 17.3 Å². The summed E-state index contributed by atoms with van der Waals surface area (Å²) in [6.07, 6.45) is 2.04. The van der Waals surface area contributed by atoms with Gasteiger partial charge in [-0.1, -0.05) is 17.7 Å². The highest BCUT2D eigenvalue weighted by Crippen LogP contribution is 2.29. The summed E-state index contributed by atoms with van der Waals surface area (Å²) in [4.78, 5) is 25.8. The minimum absolute atomic E-state index is 0.240. The van der Waals surface area contributed by atoms with E-state index in [1.165, 1.54) is 0 Å². The molecule has 1 unspecified atom stereocenters. The number of primary amides is 1. The summed E-state index contributed by atoms with van der Waals surface area (Å²) in [5.41, 5.74) is 6.40. The minimum Gasteiger partial charge on any atom is -0.369 e. The highest BCUT2D eigenvalue weighted by atomic mass is 35.5. The van der Waals surface area contributed by atoms with Crippen LogP contribution in [0.4, 0.5) is 5.69 Å². The van der Waals surface area contributed by atoms with E-state index < -0.39 is 16.1 Å². The molecule has 1 aromatic rings. The molecular formula is C17H24ClN3O4S. The summed E-state index contributed by atoms with van der Waals surface area (Å²) in [5.74, 6) is -0.911. The third-order valence-electron chi connectivity index (χ3n) is 4.68. The fraction of sp³-hybridized carbons (Fsp3) is 0.529. The standard InChI is InChI=1S/C17H24ClN3O4S/c1-11-4-5-14(18)10-15(11)21(26(3,24)25)12(2)17(23)20-8-6-13(7-9-20)16(19)22/h4-5,10,12-13H,6-9H2,1-3H3,(H2,19,22). The first-order valence-electron chi connectivity index (χ1n) is 8.36. The number of aryl methyl sites for hydroxylation is 1. The predicted molar refractivity (Wildman–Crippen MR) is 101 cm³/mol. The Kier molecular flexibility index (Phi) is 6.18. The van der Waals surface area contributed by atoms with Crippen molar-refractivity contribution >= 4 is 39.1 Å². The third kappa shape index (κ3) is 4.48. The fourth-order valence-corrected chi connectivity index (χ4v) is 4.63. The molecule has 26 heavy (non-hydrogen) atoms. The maximum atomic E-state index is 12.9. The van der Waals surface area contributed by atoms with Gasteiger partial charge in [-0.3, -0.25) is 13.9 Å². The van der Waals surface area contributed by atoms with Gasteiger partial charge in [0.2, 0.25) is 21.8 Å². The Bertz CT molecular complexity index is 804. The van der Waals surface area contributed by atoms with Gasteiger partial charge in [-0.25, -0.2) is 8.42 Å². The second-order valence-electron chi connectivity index (χ2n) is 6.67. The molecule has 1 aromatic carbocycles. The number of carbonyl (C=O) groups is 2. The van der Waals surface area contributed by atoms with Crippen molar-refractivity contribution in [3.8, 4) is 0 Å². The minimum atomic E-state index is -3.71. The lowest BCUT2D eigenvalue weighted by atomic mass is 9.96. The Balaban J connectivity index is 2.28. The number of carbonyl (C=O) groups excluding carboxylic acids is 2. The zero-order valence-electron chi connectivity index (χ0n) is 15.1. The van der Waals surface area contributed by atoms with E-state index in [0.29, 0.717) is 42.2 Å². The van der Waals surface area contributed by atoms with E-state index in [1.807, 2.05) is 0 Å². The van der Waals surface area contributed by atoms with Crippen LogP contribution >= 0.6 is 11.6 Å². The van der Waals surface area contributed by atoms with Gasteiger partial charge in [0.1, 0.15) is 6.04 Å². The van der Waals surface area contributed by atoms with Crippen molar-refractivity contribution in [2.45, 2.75) is 32.7 Å². The number of benzene rings is 1. The number of amides is 2. The Labute approximate surface area is 159 Å². The maximum absolute atomic E-state index is 12.9. The molecule has 7 nitrogen and oxygen atoms in total. The number of piperidine rings is 1. The predicted octanol–water partition coefficient (Wildman–Crippen LogP) is 1.53. The van der Waals surface area contributed by atoms with Crippen molar-refractivity contribution in [1.29, 1.82) is 0 Å². The van der Waals surface area contributed by atoms with Gasteiger partial charge in [0, 0.05) is 24.0 Å². The highest BCUT2D eigenvalue weighted by molar-refractivity contribution is 7.92. The van der Waals surface area contributed by atoms with Crippen molar-refractivity contribution in [3.05, 3.63) is 28.8 Å². The van der Waals surface area contributed by atoms with Crippen LogP contribution in [0.25, 0.3) is 0 Å². The Morgan fingerprint density at radius 3 is 2.38 bits per heavy atom. The SMILES string of the molecule is Cc1ccc(Cl)cc1N(C(C)C(=O)N1CCC(C(N)=O)CC1)S(C)(=O)=O. The number of nitrogens with two attached hydrogens (primary N) is 1. The van der Waals surface area contributed by atoms with Gasteiger partial charge >= 0.3 is 0 Å². The Hall–Kier alpha value is -1.80. The van der Waals surface area contributed by atoms with Crippen molar-refractivity contribution in [1.82, 2.24) is 4.90 Å². The van der Waals surface area contributed by atoms with E-state index in [2.05, 4.69) is 0 Å². The number of sulfonamides is 1. The molecule has 0 aliphatic carbocycles. The molecule has 2 N–H and O–H groups in total. The average Bonchev–Trinajstić information content (AvgIpc) is 2.56. The molecule has 2 rings (SSSR count). The molecule has 1 fully saturated rings. The summed E-state index contributed by atoms with van der Waals surface area (Å²) in [6, 6.07) is 4.00. The van der Waals surface area contributed by atoms with Crippen LogP contribution in [0.3, 0.4) is 0 Å². The van der Waals surface area contributed by atoms with Crippen LogP contribution in [0.5, 0.6) is 0 Å². The first kappa shape index (κ1) is 20.5. The molecule has 1 aliphatic heterocycles. The molecule has 2 amide bonds. The van der Waals surface area contributed by atoms with Gasteiger partial charge in [-0.15, -0.1) is 0 Å².